The Morgan fingerprint density at radius 2 is 1.72 bits per heavy atom. The van der Waals surface area contributed by atoms with Gasteiger partial charge in [0, 0.05) is 37.5 Å². The van der Waals surface area contributed by atoms with E-state index in [1.54, 1.807) is 13.0 Å². The fraction of sp³-hybridized carbons (Fsp3) is 0.552. The molecule has 0 spiro atoms. The summed E-state index contributed by atoms with van der Waals surface area (Å²) in [6, 6.07) is 6.82. The van der Waals surface area contributed by atoms with E-state index in [2.05, 4.69) is 17.0 Å². The van der Waals surface area contributed by atoms with Gasteiger partial charge in [-0.1, -0.05) is 17.3 Å². The number of nitrogens with zero attached hydrogens (tertiary/aromatic N) is 4. The second kappa shape index (κ2) is 11.5. The Bertz CT molecular complexity index is 1200. The predicted octanol–water partition coefficient (Wildman–Crippen LogP) is 5.10. The number of likely N-dealkylation sites (tertiary alicyclic amines) is 2. The molecule has 39 heavy (non-hydrogen) atoms. The molecule has 4 rings (SSSR count). The minimum Gasteiger partial charge on any atom is -0.618 e. The Morgan fingerprint density at radius 1 is 1.10 bits per heavy atom. The van der Waals surface area contributed by atoms with E-state index in [-0.39, 0.29) is 17.4 Å². The first-order valence-electron chi connectivity index (χ1n) is 13.6. The highest BCUT2D eigenvalue weighted by Crippen LogP contribution is 2.35. The van der Waals surface area contributed by atoms with Gasteiger partial charge in [0.2, 0.25) is 5.69 Å². The maximum atomic E-state index is 13.3. The Labute approximate surface area is 227 Å². The summed E-state index contributed by atoms with van der Waals surface area (Å²) in [6.07, 6.45) is 0.330. The van der Waals surface area contributed by atoms with Crippen LogP contribution in [0.5, 0.6) is 0 Å². The van der Waals surface area contributed by atoms with E-state index in [0.29, 0.717) is 42.2 Å². The maximum Gasteiger partial charge on any atom is 0.416 e. The van der Waals surface area contributed by atoms with Crippen LogP contribution in [0.1, 0.15) is 72.3 Å². The normalized spacial score (nSPS) is 19.3. The zero-order chi connectivity index (χ0) is 28.4. The van der Waals surface area contributed by atoms with Gasteiger partial charge in [0.1, 0.15) is 12.2 Å². The average molecular weight is 547 g/mol. The summed E-state index contributed by atoms with van der Waals surface area (Å²) in [5.74, 6) is -0.0121. The topological polar surface area (TPSA) is 72.1 Å². The highest BCUT2D eigenvalue weighted by molar-refractivity contribution is 6.02. The van der Waals surface area contributed by atoms with Crippen LogP contribution >= 0.6 is 0 Å². The van der Waals surface area contributed by atoms with E-state index >= 15 is 0 Å². The molecule has 1 aromatic carbocycles. The van der Waals surface area contributed by atoms with Crippen molar-refractivity contribution < 1.29 is 27.5 Å². The molecule has 2 aromatic rings. The molecule has 2 fully saturated rings. The first kappa shape index (κ1) is 28.9. The number of alkyl halides is 3. The number of aromatic nitrogens is 1. The van der Waals surface area contributed by atoms with Gasteiger partial charge in [0.15, 0.2) is 6.20 Å². The van der Waals surface area contributed by atoms with Crippen LogP contribution in [0.25, 0.3) is 0 Å². The van der Waals surface area contributed by atoms with E-state index in [9.17, 15) is 23.2 Å². The molecule has 2 aliphatic rings. The minimum atomic E-state index is -4.38. The van der Waals surface area contributed by atoms with Crippen molar-refractivity contribution in [3.63, 3.8) is 0 Å². The SMILES string of the molecule is CCO/N=C(\c1ccc(C(F)(F)F)cc1)C1CCN(C2(C)CCN(C(=O)c3c(C)cc[n+]([O-])c3C)CC2)CC1. The average Bonchev–Trinajstić information content (AvgIpc) is 2.91. The molecule has 0 N–H and O–H groups in total. The Hall–Kier alpha value is -3.14. The van der Waals surface area contributed by atoms with Crippen LogP contribution in [0.2, 0.25) is 0 Å². The number of pyridine rings is 1. The standard InChI is InChI=1S/C29H37F3N4O3/c1-5-39-33-26(22-6-8-24(9-7-22)29(30,31)32)23-11-15-35(16-12-23)28(4)13-18-34(19-14-28)27(37)25-20(2)10-17-36(38)21(25)3/h6-10,17,23H,5,11-16,18-19H2,1-4H3/b33-26+. The summed E-state index contributed by atoms with van der Waals surface area (Å²) in [6.45, 7) is 10.9. The second-order valence-electron chi connectivity index (χ2n) is 10.8. The molecule has 0 bridgehead atoms. The van der Waals surface area contributed by atoms with Gasteiger partial charge in [0.25, 0.3) is 5.91 Å². The van der Waals surface area contributed by atoms with Crippen molar-refractivity contribution in [1.82, 2.24) is 9.80 Å². The number of hydrogen-bond donors (Lipinski definition) is 0. The number of rotatable bonds is 6. The third kappa shape index (κ3) is 6.21. The zero-order valence-electron chi connectivity index (χ0n) is 23.1. The van der Waals surface area contributed by atoms with Crippen molar-refractivity contribution in [3.8, 4) is 0 Å². The fourth-order valence-electron chi connectivity index (χ4n) is 5.78. The molecule has 3 heterocycles. The summed E-state index contributed by atoms with van der Waals surface area (Å²) < 4.78 is 39.9. The third-order valence-corrected chi connectivity index (χ3v) is 8.33. The quantitative estimate of drug-likeness (QED) is 0.219. The Balaban J connectivity index is 1.39. The number of carbonyl (C=O) groups is 1. The molecule has 0 aliphatic carbocycles. The van der Waals surface area contributed by atoms with Gasteiger partial charge in [-0.2, -0.15) is 17.9 Å². The number of oxime groups is 1. The number of hydrogen-bond acceptors (Lipinski definition) is 5. The molecule has 1 amide bonds. The highest BCUT2D eigenvalue weighted by atomic mass is 19.4. The van der Waals surface area contributed by atoms with E-state index in [4.69, 9.17) is 4.84 Å². The van der Waals surface area contributed by atoms with Crippen molar-refractivity contribution in [2.75, 3.05) is 32.8 Å². The highest BCUT2D eigenvalue weighted by Gasteiger charge is 2.40. The number of carbonyl (C=O) groups excluding carboxylic acids is 1. The van der Waals surface area contributed by atoms with Crippen LogP contribution in [0.15, 0.2) is 41.7 Å². The summed E-state index contributed by atoms with van der Waals surface area (Å²) >= 11 is 0. The van der Waals surface area contributed by atoms with Gasteiger partial charge in [0.05, 0.1) is 11.3 Å². The predicted molar refractivity (Wildman–Crippen MR) is 142 cm³/mol. The Kier molecular flexibility index (Phi) is 8.54. The minimum absolute atomic E-state index is 0.0629. The van der Waals surface area contributed by atoms with E-state index in [1.165, 1.54) is 18.3 Å². The molecular formula is C29H37F3N4O3. The van der Waals surface area contributed by atoms with Crippen molar-refractivity contribution in [2.45, 2.75) is 65.1 Å². The first-order chi connectivity index (χ1) is 18.4. The zero-order valence-corrected chi connectivity index (χ0v) is 23.1. The van der Waals surface area contributed by atoms with Crippen LogP contribution < -0.4 is 4.73 Å². The number of piperidine rings is 2. The van der Waals surface area contributed by atoms with Crippen molar-refractivity contribution in [1.29, 1.82) is 0 Å². The summed E-state index contributed by atoms with van der Waals surface area (Å²) in [5.41, 5.74) is 2.32. The number of benzene rings is 1. The second-order valence-corrected chi connectivity index (χ2v) is 10.8. The fourth-order valence-corrected chi connectivity index (χ4v) is 5.78. The number of halogens is 3. The van der Waals surface area contributed by atoms with Crippen LogP contribution in [-0.2, 0) is 11.0 Å². The van der Waals surface area contributed by atoms with Gasteiger partial charge in [-0.05, 0) is 82.8 Å². The lowest BCUT2D eigenvalue weighted by atomic mass is 9.82. The summed E-state index contributed by atoms with van der Waals surface area (Å²) in [7, 11) is 0. The van der Waals surface area contributed by atoms with Crippen LogP contribution in [0.3, 0.4) is 0 Å². The number of aryl methyl sites for hydroxylation is 1. The van der Waals surface area contributed by atoms with E-state index < -0.39 is 11.7 Å². The molecular weight excluding hydrogens is 509 g/mol. The maximum absolute atomic E-state index is 13.3. The van der Waals surface area contributed by atoms with E-state index in [1.807, 2.05) is 18.7 Å². The molecule has 0 radical (unpaired) electrons. The lowest BCUT2D eigenvalue weighted by Gasteiger charge is -2.49. The van der Waals surface area contributed by atoms with Gasteiger partial charge in [-0.25, -0.2) is 0 Å². The monoisotopic (exact) mass is 546 g/mol. The largest absolute Gasteiger partial charge is 0.618 e. The molecule has 2 saturated heterocycles. The molecule has 0 atom stereocenters. The third-order valence-electron chi connectivity index (χ3n) is 8.33. The molecule has 212 valence electrons. The summed E-state index contributed by atoms with van der Waals surface area (Å²) in [4.78, 5) is 22.9. The lowest BCUT2D eigenvalue weighted by Crippen LogP contribution is -2.57. The lowest BCUT2D eigenvalue weighted by molar-refractivity contribution is -0.612. The van der Waals surface area contributed by atoms with Crippen LogP contribution in [0, 0.1) is 25.0 Å². The van der Waals surface area contributed by atoms with Gasteiger partial charge < -0.3 is 14.9 Å². The first-order valence-corrected chi connectivity index (χ1v) is 13.6. The van der Waals surface area contributed by atoms with E-state index in [0.717, 1.165) is 61.2 Å². The summed E-state index contributed by atoms with van der Waals surface area (Å²) in [5, 5.41) is 16.4. The molecule has 1 aromatic heterocycles. The molecule has 7 nitrogen and oxygen atoms in total. The van der Waals surface area contributed by atoms with Crippen molar-refractivity contribution >= 4 is 11.6 Å². The molecule has 0 saturated carbocycles. The Morgan fingerprint density at radius 3 is 2.28 bits per heavy atom. The van der Waals surface area contributed by atoms with Gasteiger partial charge in [-0.15, -0.1) is 0 Å². The van der Waals surface area contributed by atoms with Gasteiger partial charge >= 0.3 is 6.18 Å². The molecule has 0 unspecified atom stereocenters. The van der Waals surface area contributed by atoms with Crippen molar-refractivity contribution in [3.05, 3.63) is 69.7 Å². The molecule has 10 heteroatoms. The van der Waals surface area contributed by atoms with Crippen molar-refractivity contribution in [2.24, 2.45) is 11.1 Å². The van der Waals surface area contributed by atoms with Crippen LogP contribution in [0.4, 0.5) is 13.2 Å². The van der Waals surface area contributed by atoms with Crippen LogP contribution in [-0.4, -0.2) is 59.7 Å². The van der Waals surface area contributed by atoms with Gasteiger partial charge in [-0.3, -0.25) is 9.69 Å². The smallest absolute Gasteiger partial charge is 0.416 e. The number of amides is 1. The molecule has 2 aliphatic heterocycles.